The van der Waals surface area contributed by atoms with Gasteiger partial charge in [-0.25, -0.2) is 0 Å². The van der Waals surface area contributed by atoms with Gasteiger partial charge in [0, 0.05) is 5.92 Å². The maximum absolute atomic E-state index is 11.9. The van der Waals surface area contributed by atoms with Crippen molar-refractivity contribution in [2.24, 2.45) is 35.0 Å². The van der Waals surface area contributed by atoms with E-state index in [9.17, 15) is 9.59 Å². The lowest BCUT2D eigenvalue weighted by Gasteiger charge is -2.57. The molecule has 0 aromatic heterocycles. The molecule has 0 heterocycles. The van der Waals surface area contributed by atoms with E-state index >= 15 is 0 Å². The smallest absolute Gasteiger partial charge is 0.309 e. The van der Waals surface area contributed by atoms with E-state index in [2.05, 4.69) is 6.92 Å². The highest BCUT2D eigenvalue weighted by Gasteiger charge is 2.70. The van der Waals surface area contributed by atoms with Crippen LogP contribution in [0.1, 0.15) is 32.6 Å². The topological polar surface area (TPSA) is 43.4 Å². The zero-order chi connectivity index (χ0) is 12.2. The molecular formula is C14H20O3. The number of carbonyl (C=O) groups excluding carboxylic acids is 2. The Morgan fingerprint density at radius 3 is 2.82 bits per heavy atom. The van der Waals surface area contributed by atoms with Crippen LogP contribution in [0, 0.1) is 35.0 Å². The van der Waals surface area contributed by atoms with Crippen LogP contribution in [-0.2, 0) is 14.3 Å². The molecule has 0 aromatic carbocycles. The van der Waals surface area contributed by atoms with Gasteiger partial charge >= 0.3 is 5.97 Å². The lowest BCUT2D eigenvalue weighted by atomic mass is 9.46. The summed E-state index contributed by atoms with van der Waals surface area (Å²) in [6.07, 6.45) is 5.55. The van der Waals surface area contributed by atoms with E-state index in [1.165, 1.54) is 26.4 Å². The molecule has 17 heavy (non-hydrogen) atoms. The Hall–Kier alpha value is -0.860. The molecule has 0 N–H and O–H groups in total. The van der Waals surface area contributed by atoms with Crippen LogP contribution in [0.25, 0.3) is 0 Å². The third-order valence-corrected chi connectivity index (χ3v) is 5.93. The highest BCUT2D eigenvalue weighted by molar-refractivity contribution is 5.76. The number of carbonyl (C=O) groups is 2. The van der Waals surface area contributed by atoms with Gasteiger partial charge in [0.25, 0.3) is 0 Å². The Morgan fingerprint density at radius 2 is 2.18 bits per heavy atom. The summed E-state index contributed by atoms with van der Waals surface area (Å²) in [5.41, 5.74) is 0.0415. The molecule has 3 saturated carbocycles. The number of fused-ring (bicyclic) bond motifs is 4. The second-order valence-corrected chi connectivity index (χ2v) is 6.20. The van der Waals surface area contributed by atoms with E-state index in [0.717, 1.165) is 6.29 Å². The molecule has 0 saturated heterocycles. The number of hydrogen-bond donors (Lipinski definition) is 0. The molecule has 94 valence electrons. The van der Waals surface area contributed by atoms with Crippen molar-refractivity contribution in [2.45, 2.75) is 32.6 Å². The highest BCUT2D eigenvalue weighted by Crippen LogP contribution is 2.72. The Morgan fingerprint density at radius 1 is 1.41 bits per heavy atom. The third-order valence-electron chi connectivity index (χ3n) is 5.93. The van der Waals surface area contributed by atoms with E-state index < -0.39 is 0 Å². The predicted octanol–water partition coefficient (Wildman–Crippen LogP) is 2.05. The van der Waals surface area contributed by atoms with E-state index in [1.807, 2.05) is 0 Å². The van der Waals surface area contributed by atoms with Gasteiger partial charge in [-0.15, -0.1) is 0 Å². The van der Waals surface area contributed by atoms with E-state index in [-0.39, 0.29) is 23.2 Å². The first-order valence-corrected chi connectivity index (χ1v) is 6.67. The van der Waals surface area contributed by atoms with Crippen molar-refractivity contribution in [3.05, 3.63) is 0 Å². The van der Waals surface area contributed by atoms with Gasteiger partial charge < -0.3 is 9.53 Å². The van der Waals surface area contributed by atoms with Crippen molar-refractivity contribution in [2.75, 3.05) is 7.11 Å². The molecule has 0 unspecified atom stereocenters. The highest BCUT2D eigenvalue weighted by atomic mass is 16.5. The van der Waals surface area contributed by atoms with Gasteiger partial charge in [-0.2, -0.15) is 0 Å². The first kappa shape index (κ1) is 11.2. The largest absolute Gasteiger partial charge is 0.469 e. The zero-order valence-corrected chi connectivity index (χ0v) is 10.5. The van der Waals surface area contributed by atoms with Gasteiger partial charge in [-0.1, -0.05) is 13.3 Å². The summed E-state index contributed by atoms with van der Waals surface area (Å²) in [7, 11) is 1.46. The Bertz CT molecular complexity index is 364. The molecule has 0 radical (unpaired) electrons. The van der Waals surface area contributed by atoms with Crippen molar-refractivity contribution in [3.63, 3.8) is 0 Å². The quantitative estimate of drug-likeness (QED) is 0.544. The fraction of sp³-hybridized carbons (Fsp3) is 0.857. The molecule has 3 aliphatic carbocycles. The van der Waals surface area contributed by atoms with E-state index in [0.29, 0.717) is 24.2 Å². The van der Waals surface area contributed by atoms with Gasteiger partial charge in [0.1, 0.15) is 6.29 Å². The van der Waals surface area contributed by atoms with Crippen LogP contribution in [0.15, 0.2) is 0 Å². The number of rotatable bonds is 2. The first-order chi connectivity index (χ1) is 8.14. The SMILES string of the molecule is COC(=O)[C@@H]1C[C@H](C=O)[C@H]2[C@@H]3CCC[C@@H]3[C@]21C. The molecule has 3 aliphatic rings. The fourth-order valence-electron chi connectivity index (χ4n) is 5.36. The maximum Gasteiger partial charge on any atom is 0.309 e. The number of ether oxygens (including phenoxy) is 1. The second-order valence-electron chi connectivity index (χ2n) is 6.20. The van der Waals surface area contributed by atoms with Gasteiger partial charge in [0.05, 0.1) is 13.0 Å². The number of aldehydes is 1. The minimum absolute atomic E-state index is 0.0415. The Labute approximate surface area is 102 Å². The van der Waals surface area contributed by atoms with Crippen molar-refractivity contribution in [1.29, 1.82) is 0 Å². The number of hydrogen-bond acceptors (Lipinski definition) is 3. The summed E-state index contributed by atoms with van der Waals surface area (Å²) < 4.78 is 4.94. The summed E-state index contributed by atoms with van der Waals surface area (Å²) in [6.45, 7) is 2.22. The van der Waals surface area contributed by atoms with Gasteiger partial charge in [0.15, 0.2) is 0 Å². The fourth-order valence-corrected chi connectivity index (χ4v) is 5.36. The van der Waals surface area contributed by atoms with Gasteiger partial charge in [-0.3, -0.25) is 4.79 Å². The van der Waals surface area contributed by atoms with Gasteiger partial charge in [-0.05, 0) is 42.4 Å². The molecular weight excluding hydrogens is 216 g/mol. The standard InChI is InChI=1S/C14H20O3/c1-14-10-5-3-4-9(10)12(14)8(7-15)6-11(14)13(16)17-2/h7-12H,3-6H2,1-2H3/t8-,9-,10+,11+,12+,14+/m1/s1. The Kier molecular flexibility index (Phi) is 2.36. The normalized spacial score (nSPS) is 51.3. The lowest BCUT2D eigenvalue weighted by molar-refractivity contribution is -0.164. The zero-order valence-electron chi connectivity index (χ0n) is 10.5. The molecule has 3 nitrogen and oxygen atoms in total. The monoisotopic (exact) mass is 236 g/mol. The van der Waals surface area contributed by atoms with Crippen LogP contribution in [0.5, 0.6) is 0 Å². The summed E-state index contributed by atoms with van der Waals surface area (Å²) in [5, 5.41) is 0. The molecule has 3 fully saturated rings. The summed E-state index contributed by atoms with van der Waals surface area (Å²) in [6, 6.07) is 0. The van der Waals surface area contributed by atoms with Crippen molar-refractivity contribution >= 4 is 12.3 Å². The molecule has 3 heteroatoms. The van der Waals surface area contributed by atoms with Crippen LogP contribution < -0.4 is 0 Å². The van der Waals surface area contributed by atoms with Gasteiger partial charge in [0.2, 0.25) is 0 Å². The van der Waals surface area contributed by atoms with Crippen molar-refractivity contribution in [1.82, 2.24) is 0 Å². The van der Waals surface area contributed by atoms with Crippen LogP contribution in [-0.4, -0.2) is 19.4 Å². The average Bonchev–Trinajstić information content (AvgIpc) is 2.86. The predicted molar refractivity (Wildman–Crippen MR) is 62.1 cm³/mol. The van der Waals surface area contributed by atoms with Crippen LogP contribution >= 0.6 is 0 Å². The Balaban J connectivity index is 1.94. The summed E-state index contributed by atoms with van der Waals surface area (Å²) in [4.78, 5) is 23.2. The van der Waals surface area contributed by atoms with Crippen LogP contribution in [0.3, 0.4) is 0 Å². The molecule has 0 amide bonds. The second kappa shape index (κ2) is 3.56. The molecule has 0 aliphatic heterocycles. The first-order valence-electron chi connectivity index (χ1n) is 6.67. The maximum atomic E-state index is 11.9. The van der Waals surface area contributed by atoms with Crippen molar-refractivity contribution < 1.29 is 14.3 Å². The third kappa shape index (κ3) is 1.18. The van der Waals surface area contributed by atoms with Crippen LogP contribution in [0.4, 0.5) is 0 Å². The number of esters is 1. The van der Waals surface area contributed by atoms with Crippen LogP contribution in [0.2, 0.25) is 0 Å². The molecule has 0 aromatic rings. The molecule has 6 atom stereocenters. The lowest BCUT2D eigenvalue weighted by Crippen LogP contribution is -2.55. The minimum Gasteiger partial charge on any atom is -0.469 e. The molecule has 3 rings (SSSR count). The molecule has 0 bridgehead atoms. The molecule has 0 spiro atoms. The van der Waals surface area contributed by atoms with Crippen molar-refractivity contribution in [3.8, 4) is 0 Å². The van der Waals surface area contributed by atoms with E-state index in [4.69, 9.17) is 4.74 Å². The van der Waals surface area contributed by atoms with E-state index in [1.54, 1.807) is 0 Å². The summed E-state index contributed by atoms with van der Waals surface area (Å²) in [5.74, 6) is 1.73. The minimum atomic E-state index is -0.104. The summed E-state index contributed by atoms with van der Waals surface area (Å²) >= 11 is 0. The average molecular weight is 236 g/mol. The number of methoxy groups -OCH3 is 1.